The van der Waals surface area contributed by atoms with Gasteiger partial charge in [-0.1, -0.05) is 19.1 Å². The van der Waals surface area contributed by atoms with Crippen LogP contribution in [0.5, 0.6) is 0 Å². The van der Waals surface area contributed by atoms with Gasteiger partial charge in [0.05, 0.1) is 5.56 Å². The number of nitrogens with two attached hydrogens (primary N) is 1. The van der Waals surface area contributed by atoms with Crippen LogP contribution in [0.1, 0.15) is 38.4 Å². The largest absolute Gasteiger partial charge is 0.389 e. The van der Waals surface area contributed by atoms with Crippen molar-refractivity contribution >= 4 is 23.0 Å². The number of hydrogen-bond acceptors (Lipinski definition) is 3. The molecule has 1 rings (SSSR count). The van der Waals surface area contributed by atoms with Gasteiger partial charge in [0.25, 0.3) is 0 Å². The molecule has 1 aromatic rings. The van der Waals surface area contributed by atoms with E-state index in [0.29, 0.717) is 11.0 Å². The molecule has 0 spiro atoms. The van der Waals surface area contributed by atoms with Gasteiger partial charge in [-0.15, -0.1) is 0 Å². The number of thiocarbonyl (C=S) groups is 1. The second kappa shape index (κ2) is 5.96. The van der Waals surface area contributed by atoms with Gasteiger partial charge in [0.15, 0.2) is 0 Å². The topological polar surface area (TPSA) is 42.2 Å². The first-order valence-electron chi connectivity index (χ1n) is 6.01. The Morgan fingerprint density at radius 1 is 1.47 bits per heavy atom. The van der Waals surface area contributed by atoms with Crippen LogP contribution in [0.3, 0.4) is 0 Å². The van der Waals surface area contributed by atoms with Crippen LogP contribution in [0.2, 0.25) is 0 Å². The van der Waals surface area contributed by atoms with E-state index in [1.165, 1.54) is 0 Å². The highest BCUT2D eigenvalue weighted by molar-refractivity contribution is 7.80. The highest BCUT2D eigenvalue weighted by atomic mass is 32.1. The molecule has 0 aliphatic heterocycles. The summed E-state index contributed by atoms with van der Waals surface area (Å²) in [5, 5.41) is 0. The Labute approximate surface area is 109 Å². The van der Waals surface area contributed by atoms with E-state index in [-0.39, 0.29) is 0 Å². The van der Waals surface area contributed by atoms with E-state index in [9.17, 15) is 0 Å². The first kappa shape index (κ1) is 13.9. The summed E-state index contributed by atoms with van der Waals surface area (Å²) in [5.41, 5.74) is 7.62. The van der Waals surface area contributed by atoms with Gasteiger partial charge in [-0.3, -0.25) is 0 Å². The Bertz CT molecular complexity index is 402. The lowest BCUT2D eigenvalue weighted by atomic mass is 10.2. The summed E-state index contributed by atoms with van der Waals surface area (Å²) >= 11 is 5.09. The van der Waals surface area contributed by atoms with Crippen LogP contribution in [0, 0.1) is 6.92 Å². The Balaban J connectivity index is 3.24. The maximum Gasteiger partial charge on any atom is 0.139 e. The summed E-state index contributed by atoms with van der Waals surface area (Å²) in [6, 6.07) is 4.30. The molecule has 0 aliphatic carbocycles. The quantitative estimate of drug-likeness (QED) is 0.817. The first-order chi connectivity index (χ1) is 7.97. The normalized spacial score (nSPS) is 10.6. The Morgan fingerprint density at radius 3 is 2.59 bits per heavy atom. The second-order valence-electron chi connectivity index (χ2n) is 4.48. The maximum absolute atomic E-state index is 5.76. The molecule has 1 heterocycles. The molecule has 0 aliphatic rings. The van der Waals surface area contributed by atoms with Crippen molar-refractivity contribution in [1.29, 1.82) is 0 Å². The van der Waals surface area contributed by atoms with Gasteiger partial charge in [0, 0.05) is 18.3 Å². The monoisotopic (exact) mass is 251 g/mol. The van der Waals surface area contributed by atoms with Gasteiger partial charge >= 0.3 is 0 Å². The SMILES string of the molecule is CCCN(c1nc(C)ccc1C(N)=S)C(C)C. The van der Waals surface area contributed by atoms with Crippen LogP contribution in [0.15, 0.2) is 12.1 Å². The van der Waals surface area contributed by atoms with E-state index < -0.39 is 0 Å². The molecule has 0 aromatic carbocycles. The van der Waals surface area contributed by atoms with Crippen molar-refractivity contribution in [3.05, 3.63) is 23.4 Å². The molecule has 0 radical (unpaired) electrons. The molecule has 17 heavy (non-hydrogen) atoms. The van der Waals surface area contributed by atoms with Crippen molar-refractivity contribution in [2.24, 2.45) is 5.73 Å². The second-order valence-corrected chi connectivity index (χ2v) is 4.92. The lowest BCUT2D eigenvalue weighted by molar-refractivity contribution is 0.660. The van der Waals surface area contributed by atoms with Gasteiger partial charge in [-0.25, -0.2) is 4.98 Å². The predicted molar refractivity (Wildman–Crippen MR) is 77.6 cm³/mol. The lowest BCUT2D eigenvalue weighted by Crippen LogP contribution is -2.34. The number of anilines is 1. The molecule has 94 valence electrons. The fraction of sp³-hybridized carbons (Fsp3) is 0.538. The molecule has 0 bridgehead atoms. The van der Waals surface area contributed by atoms with E-state index in [0.717, 1.165) is 30.0 Å². The zero-order valence-corrected chi connectivity index (χ0v) is 11.8. The van der Waals surface area contributed by atoms with Crippen molar-refractivity contribution < 1.29 is 0 Å². The van der Waals surface area contributed by atoms with Crippen molar-refractivity contribution in [3.63, 3.8) is 0 Å². The average molecular weight is 251 g/mol. The highest BCUT2D eigenvalue weighted by Crippen LogP contribution is 2.21. The molecule has 0 saturated carbocycles. The molecule has 0 fully saturated rings. The molecule has 4 heteroatoms. The van der Waals surface area contributed by atoms with Crippen LogP contribution >= 0.6 is 12.2 Å². The third-order valence-electron chi connectivity index (χ3n) is 2.64. The van der Waals surface area contributed by atoms with Crippen molar-refractivity contribution in [2.75, 3.05) is 11.4 Å². The van der Waals surface area contributed by atoms with E-state index in [2.05, 4.69) is 30.7 Å². The Morgan fingerprint density at radius 2 is 2.12 bits per heavy atom. The Hall–Kier alpha value is -1.16. The van der Waals surface area contributed by atoms with Crippen LogP contribution in [-0.2, 0) is 0 Å². The van der Waals surface area contributed by atoms with Crippen LogP contribution in [0.25, 0.3) is 0 Å². The first-order valence-corrected chi connectivity index (χ1v) is 6.42. The minimum absolute atomic E-state index is 0.386. The molecule has 0 unspecified atom stereocenters. The summed E-state index contributed by atoms with van der Waals surface area (Å²) in [5.74, 6) is 0.911. The molecule has 0 atom stereocenters. The third kappa shape index (κ3) is 3.40. The van der Waals surface area contributed by atoms with Crippen LogP contribution in [-0.4, -0.2) is 22.6 Å². The van der Waals surface area contributed by atoms with Crippen molar-refractivity contribution in [2.45, 2.75) is 40.2 Å². The molecule has 1 aromatic heterocycles. The molecular weight excluding hydrogens is 230 g/mol. The van der Waals surface area contributed by atoms with Gasteiger partial charge < -0.3 is 10.6 Å². The fourth-order valence-corrected chi connectivity index (χ4v) is 1.96. The van der Waals surface area contributed by atoms with E-state index in [1.807, 2.05) is 19.1 Å². The summed E-state index contributed by atoms with van der Waals surface area (Å²) in [4.78, 5) is 7.26. The van der Waals surface area contributed by atoms with Crippen LogP contribution in [0.4, 0.5) is 5.82 Å². The zero-order valence-electron chi connectivity index (χ0n) is 11.0. The van der Waals surface area contributed by atoms with Gasteiger partial charge in [0.2, 0.25) is 0 Å². The molecule has 2 N–H and O–H groups in total. The highest BCUT2D eigenvalue weighted by Gasteiger charge is 2.16. The molecule has 0 saturated heterocycles. The van der Waals surface area contributed by atoms with Crippen molar-refractivity contribution in [3.8, 4) is 0 Å². The van der Waals surface area contributed by atoms with Crippen molar-refractivity contribution in [1.82, 2.24) is 4.98 Å². The fourth-order valence-electron chi connectivity index (χ4n) is 1.80. The van der Waals surface area contributed by atoms with Gasteiger partial charge in [-0.2, -0.15) is 0 Å². The minimum atomic E-state index is 0.386. The minimum Gasteiger partial charge on any atom is -0.389 e. The number of pyridine rings is 1. The maximum atomic E-state index is 5.76. The van der Waals surface area contributed by atoms with E-state index >= 15 is 0 Å². The van der Waals surface area contributed by atoms with Gasteiger partial charge in [0.1, 0.15) is 10.8 Å². The summed E-state index contributed by atoms with van der Waals surface area (Å²) < 4.78 is 0. The Kier molecular flexibility index (Phi) is 4.87. The number of hydrogen-bond donors (Lipinski definition) is 1. The number of aryl methyl sites for hydroxylation is 1. The van der Waals surface area contributed by atoms with E-state index in [4.69, 9.17) is 18.0 Å². The lowest BCUT2D eigenvalue weighted by Gasteiger charge is -2.29. The number of rotatable bonds is 5. The predicted octanol–water partition coefficient (Wildman–Crippen LogP) is 2.65. The third-order valence-corrected chi connectivity index (χ3v) is 2.86. The van der Waals surface area contributed by atoms with E-state index in [1.54, 1.807) is 0 Å². The molecule has 0 amide bonds. The van der Waals surface area contributed by atoms with Gasteiger partial charge in [-0.05, 0) is 39.3 Å². The molecule has 3 nitrogen and oxygen atoms in total. The zero-order chi connectivity index (χ0) is 13.0. The summed E-state index contributed by atoms with van der Waals surface area (Å²) in [6.07, 6.45) is 1.07. The average Bonchev–Trinajstić information content (AvgIpc) is 2.24. The number of nitrogens with zero attached hydrogens (tertiary/aromatic N) is 2. The summed E-state index contributed by atoms with van der Waals surface area (Å²) in [7, 11) is 0. The summed E-state index contributed by atoms with van der Waals surface area (Å²) in [6.45, 7) is 9.42. The van der Waals surface area contributed by atoms with Crippen LogP contribution < -0.4 is 10.6 Å². The smallest absolute Gasteiger partial charge is 0.139 e. The molecular formula is C13H21N3S. The standard InChI is InChI=1S/C13H21N3S/c1-5-8-16(9(2)3)13-11(12(14)17)7-6-10(4)15-13/h6-7,9H,5,8H2,1-4H3,(H2,14,17). The number of aromatic nitrogens is 1.